The van der Waals surface area contributed by atoms with Gasteiger partial charge in [0.2, 0.25) is 0 Å². The van der Waals surface area contributed by atoms with Gasteiger partial charge in [0.25, 0.3) is 0 Å². The highest BCUT2D eigenvalue weighted by molar-refractivity contribution is 5.81. The molecule has 0 rings (SSSR count). The summed E-state index contributed by atoms with van der Waals surface area (Å²) in [6.45, 7) is 6.33. The second-order valence-corrected chi connectivity index (χ2v) is 3.34. The molecule has 0 aliphatic carbocycles. The molecular weight excluding hydrogens is 160 g/mol. The van der Waals surface area contributed by atoms with Gasteiger partial charge in [-0.1, -0.05) is 32.8 Å². The molecule has 0 aromatic rings. The zero-order valence-corrected chi connectivity index (χ0v) is 9.14. The SMILES string of the molecule is CCC/C=C(/C)N=C(N)CCCC. The van der Waals surface area contributed by atoms with Crippen molar-refractivity contribution in [2.24, 2.45) is 10.7 Å². The minimum absolute atomic E-state index is 0.770. The summed E-state index contributed by atoms with van der Waals surface area (Å²) in [7, 11) is 0. The molecule has 0 spiro atoms. The second-order valence-electron chi connectivity index (χ2n) is 3.34. The Morgan fingerprint density at radius 1 is 1.31 bits per heavy atom. The molecule has 2 nitrogen and oxygen atoms in total. The molecule has 0 aromatic heterocycles. The van der Waals surface area contributed by atoms with E-state index < -0.39 is 0 Å². The van der Waals surface area contributed by atoms with Gasteiger partial charge in [0.05, 0.1) is 5.84 Å². The number of unbranched alkanes of at least 4 members (excludes halogenated alkanes) is 2. The summed E-state index contributed by atoms with van der Waals surface area (Å²) in [5.74, 6) is 0.770. The second kappa shape index (κ2) is 7.84. The van der Waals surface area contributed by atoms with Crippen LogP contribution in [0.5, 0.6) is 0 Å². The van der Waals surface area contributed by atoms with Gasteiger partial charge in [0.15, 0.2) is 0 Å². The van der Waals surface area contributed by atoms with Crippen LogP contribution >= 0.6 is 0 Å². The first-order valence-electron chi connectivity index (χ1n) is 5.20. The summed E-state index contributed by atoms with van der Waals surface area (Å²) in [5.41, 5.74) is 6.79. The molecule has 0 unspecified atom stereocenters. The summed E-state index contributed by atoms with van der Waals surface area (Å²) in [6, 6.07) is 0. The fraction of sp³-hybridized carbons (Fsp3) is 0.727. The van der Waals surface area contributed by atoms with Gasteiger partial charge in [-0.2, -0.15) is 0 Å². The Bertz CT molecular complexity index is 181. The molecule has 0 bridgehead atoms. The first kappa shape index (κ1) is 12.2. The van der Waals surface area contributed by atoms with E-state index in [2.05, 4.69) is 24.9 Å². The van der Waals surface area contributed by atoms with E-state index in [1.165, 1.54) is 12.8 Å². The van der Waals surface area contributed by atoms with Crippen molar-refractivity contribution in [1.29, 1.82) is 0 Å². The standard InChI is InChI=1S/C11H22N2/c1-4-6-8-10(3)13-11(12)9-7-5-2/h8H,4-7,9H2,1-3H3,(H2,12,13)/b10-8-. The predicted molar refractivity (Wildman–Crippen MR) is 59.8 cm³/mol. The van der Waals surface area contributed by atoms with Gasteiger partial charge in [-0.05, 0) is 19.8 Å². The highest BCUT2D eigenvalue weighted by Crippen LogP contribution is 2.01. The topological polar surface area (TPSA) is 38.4 Å². The minimum atomic E-state index is 0.770. The lowest BCUT2D eigenvalue weighted by Gasteiger charge is -1.99. The van der Waals surface area contributed by atoms with Crippen LogP contribution in [-0.4, -0.2) is 5.84 Å². The maximum Gasteiger partial charge on any atom is 0.0992 e. The lowest BCUT2D eigenvalue weighted by molar-refractivity contribution is 0.829. The molecule has 0 fully saturated rings. The third-order valence-corrected chi connectivity index (χ3v) is 1.83. The van der Waals surface area contributed by atoms with E-state index in [1.807, 2.05) is 6.92 Å². The van der Waals surface area contributed by atoms with Crippen LogP contribution < -0.4 is 5.73 Å². The number of nitrogens with zero attached hydrogens (tertiary/aromatic N) is 1. The van der Waals surface area contributed by atoms with Gasteiger partial charge < -0.3 is 5.73 Å². The van der Waals surface area contributed by atoms with Crippen molar-refractivity contribution in [1.82, 2.24) is 0 Å². The van der Waals surface area contributed by atoms with Gasteiger partial charge in [-0.3, -0.25) is 0 Å². The van der Waals surface area contributed by atoms with Crippen LogP contribution in [0.1, 0.15) is 52.9 Å². The Morgan fingerprint density at radius 3 is 2.54 bits per heavy atom. The molecule has 76 valence electrons. The molecule has 0 atom stereocenters. The van der Waals surface area contributed by atoms with Gasteiger partial charge in [0, 0.05) is 12.1 Å². The van der Waals surface area contributed by atoms with E-state index in [4.69, 9.17) is 5.73 Å². The molecule has 0 heterocycles. The smallest absolute Gasteiger partial charge is 0.0992 e. The lowest BCUT2D eigenvalue weighted by Crippen LogP contribution is -2.11. The Hall–Kier alpha value is -0.790. The fourth-order valence-corrected chi connectivity index (χ4v) is 1.04. The number of allylic oxidation sites excluding steroid dienone is 2. The molecule has 0 saturated heterocycles. The Balaban J connectivity index is 3.89. The number of aliphatic imine (C=N–C) groups is 1. The lowest BCUT2D eigenvalue weighted by atomic mass is 10.2. The van der Waals surface area contributed by atoms with Crippen molar-refractivity contribution >= 4 is 5.84 Å². The van der Waals surface area contributed by atoms with Crippen LogP contribution in [0, 0.1) is 0 Å². The Labute approximate surface area is 81.9 Å². The highest BCUT2D eigenvalue weighted by Gasteiger charge is 1.91. The number of hydrogen-bond donors (Lipinski definition) is 1. The number of rotatable bonds is 6. The van der Waals surface area contributed by atoms with E-state index in [0.29, 0.717) is 0 Å². The Morgan fingerprint density at radius 2 is 2.00 bits per heavy atom. The monoisotopic (exact) mass is 182 g/mol. The maximum atomic E-state index is 5.74. The van der Waals surface area contributed by atoms with E-state index in [9.17, 15) is 0 Å². The van der Waals surface area contributed by atoms with Crippen LogP contribution in [0.3, 0.4) is 0 Å². The Kier molecular flexibility index (Phi) is 7.36. The van der Waals surface area contributed by atoms with Gasteiger partial charge in [-0.15, -0.1) is 0 Å². The molecule has 0 aliphatic rings. The van der Waals surface area contributed by atoms with Crippen LogP contribution in [0.15, 0.2) is 16.8 Å². The molecule has 0 saturated carbocycles. The van der Waals surface area contributed by atoms with Crippen molar-refractivity contribution in [3.63, 3.8) is 0 Å². The van der Waals surface area contributed by atoms with Crippen LogP contribution in [0.4, 0.5) is 0 Å². The summed E-state index contributed by atoms with van der Waals surface area (Å²) in [4.78, 5) is 4.31. The zero-order chi connectivity index (χ0) is 10.1. The van der Waals surface area contributed by atoms with E-state index in [1.54, 1.807) is 0 Å². The number of amidine groups is 1. The first-order valence-corrected chi connectivity index (χ1v) is 5.20. The zero-order valence-electron chi connectivity index (χ0n) is 9.14. The third-order valence-electron chi connectivity index (χ3n) is 1.83. The van der Waals surface area contributed by atoms with Crippen LogP contribution in [0.25, 0.3) is 0 Å². The third kappa shape index (κ3) is 7.57. The van der Waals surface area contributed by atoms with Gasteiger partial charge >= 0.3 is 0 Å². The number of hydrogen-bond acceptors (Lipinski definition) is 1. The van der Waals surface area contributed by atoms with Gasteiger partial charge in [0.1, 0.15) is 0 Å². The molecular formula is C11H22N2. The highest BCUT2D eigenvalue weighted by atomic mass is 14.9. The first-order chi connectivity index (χ1) is 6.20. The molecule has 0 aliphatic heterocycles. The predicted octanol–water partition coefficient (Wildman–Crippen LogP) is 3.24. The summed E-state index contributed by atoms with van der Waals surface area (Å²) in [6.07, 6.45) is 7.63. The van der Waals surface area contributed by atoms with Crippen molar-refractivity contribution in [2.45, 2.75) is 52.9 Å². The summed E-state index contributed by atoms with van der Waals surface area (Å²) in [5, 5.41) is 0. The average Bonchev–Trinajstić information content (AvgIpc) is 2.11. The minimum Gasteiger partial charge on any atom is -0.387 e. The molecule has 0 radical (unpaired) electrons. The van der Waals surface area contributed by atoms with Crippen molar-refractivity contribution in [2.75, 3.05) is 0 Å². The van der Waals surface area contributed by atoms with E-state index in [-0.39, 0.29) is 0 Å². The largest absolute Gasteiger partial charge is 0.387 e. The average molecular weight is 182 g/mol. The van der Waals surface area contributed by atoms with Crippen molar-refractivity contribution in [3.8, 4) is 0 Å². The summed E-state index contributed by atoms with van der Waals surface area (Å²) < 4.78 is 0. The molecule has 13 heavy (non-hydrogen) atoms. The van der Waals surface area contributed by atoms with Crippen molar-refractivity contribution < 1.29 is 0 Å². The van der Waals surface area contributed by atoms with Crippen molar-refractivity contribution in [3.05, 3.63) is 11.8 Å². The molecule has 0 aromatic carbocycles. The van der Waals surface area contributed by atoms with Crippen LogP contribution in [-0.2, 0) is 0 Å². The van der Waals surface area contributed by atoms with E-state index >= 15 is 0 Å². The van der Waals surface area contributed by atoms with Gasteiger partial charge in [-0.25, -0.2) is 4.99 Å². The maximum absolute atomic E-state index is 5.74. The quantitative estimate of drug-likeness (QED) is 0.497. The normalized spacial score (nSPS) is 13.5. The summed E-state index contributed by atoms with van der Waals surface area (Å²) >= 11 is 0. The fourth-order valence-electron chi connectivity index (χ4n) is 1.04. The number of nitrogens with two attached hydrogens (primary N) is 1. The van der Waals surface area contributed by atoms with E-state index in [0.717, 1.165) is 30.8 Å². The molecule has 2 heteroatoms. The molecule has 2 N–H and O–H groups in total. The van der Waals surface area contributed by atoms with Crippen LogP contribution in [0.2, 0.25) is 0 Å². The molecule has 0 amide bonds.